The number of aryl methyl sites for hydroxylation is 2. The quantitative estimate of drug-likeness (QED) is 0.244. The summed E-state index contributed by atoms with van der Waals surface area (Å²) < 4.78 is 14.9. The highest BCUT2D eigenvalue weighted by Gasteiger charge is 2.37. The Hall–Kier alpha value is -1.72. The molecule has 0 aliphatic heterocycles. The first kappa shape index (κ1) is 22.6. The summed E-state index contributed by atoms with van der Waals surface area (Å²) in [5.41, 5.74) is 0.630. The number of nitro groups is 1. The molecule has 0 atom stereocenters. The Labute approximate surface area is 174 Å². The van der Waals surface area contributed by atoms with E-state index in [0.29, 0.717) is 18.8 Å². The molecule has 0 fully saturated rings. The van der Waals surface area contributed by atoms with Crippen LogP contribution in [0.1, 0.15) is 32.8 Å². The zero-order chi connectivity index (χ0) is 21.3. The van der Waals surface area contributed by atoms with Crippen LogP contribution in [0.5, 0.6) is 5.88 Å². The Balaban J connectivity index is 2.09. The lowest BCUT2D eigenvalue weighted by atomic mass is 10.2. The molecule has 2 rings (SSSR count). The maximum absolute atomic E-state index is 11.5. The highest BCUT2D eigenvalue weighted by atomic mass is 79.9. The van der Waals surface area contributed by atoms with Gasteiger partial charge in [0.2, 0.25) is 0 Å². The Bertz CT molecular complexity index is 857. The topological polar surface area (TPSA) is 97.2 Å². The van der Waals surface area contributed by atoms with Crippen LogP contribution in [-0.4, -0.2) is 46.0 Å². The molecule has 0 unspecified atom stereocenters. The fourth-order valence-corrected chi connectivity index (χ4v) is 3.99. The molecule has 0 aromatic carbocycles. The van der Waals surface area contributed by atoms with Crippen molar-refractivity contribution >= 4 is 29.9 Å². The van der Waals surface area contributed by atoms with Crippen LogP contribution in [-0.2, 0) is 11.5 Å². The molecule has 9 nitrogen and oxygen atoms in total. The molecule has 0 bridgehead atoms. The highest BCUT2D eigenvalue weighted by Crippen LogP contribution is 2.37. The van der Waals surface area contributed by atoms with Crippen LogP contribution < -0.4 is 4.74 Å². The number of aromatic nitrogens is 4. The van der Waals surface area contributed by atoms with Gasteiger partial charge < -0.3 is 9.16 Å². The Morgan fingerprint density at radius 3 is 2.43 bits per heavy atom. The van der Waals surface area contributed by atoms with Crippen LogP contribution in [0.3, 0.4) is 0 Å². The smallest absolute Gasteiger partial charge is 0.364 e. The van der Waals surface area contributed by atoms with E-state index in [2.05, 4.69) is 60.0 Å². The van der Waals surface area contributed by atoms with Gasteiger partial charge in [0.25, 0.3) is 0 Å². The van der Waals surface area contributed by atoms with Crippen LogP contribution in [0.4, 0.5) is 5.69 Å². The molecule has 11 heteroatoms. The van der Waals surface area contributed by atoms with E-state index in [4.69, 9.17) is 9.16 Å². The SMILES string of the molecule is Cc1cn(C)nc1-n1nc(OCCCO[Si](C)(C)C(C)(C)C)c([N+](=O)[O-])c1Br. The van der Waals surface area contributed by atoms with Crippen LogP contribution in [0, 0.1) is 17.0 Å². The van der Waals surface area contributed by atoms with Crippen molar-refractivity contribution in [2.75, 3.05) is 13.2 Å². The van der Waals surface area contributed by atoms with Gasteiger partial charge in [-0.2, -0.15) is 9.78 Å². The molecule has 0 spiro atoms. The summed E-state index contributed by atoms with van der Waals surface area (Å²) in [6, 6.07) is 0. The summed E-state index contributed by atoms with van der Waals surface area (Å²) in [7, 11) is -0.0376. The minimum absolute atomic E-state index is 0.0331. The normalized spacial score (nSPS) is 12.4. The van der Waals surface area contributed by atoms with Crippen LogP contribution in [0.15, 0.2) is 10.8 Å². The molecule has 28 heavy (non-hydrogen) atoms. The molecule has 0 saturated carbocycles. The van der Waals surface area contributed by atoms with Gasteiger partial charge in [-0.05, 0) is 41.0 Å². The first-order valence-corrected chi connectivity index (χ1v) is 12.8. The van der Waals surface area contributed by atoms with Gasteiger partial charge in [-0.25, -0.2) is 0 Å². The van der Waals surface area contributed by atoms with Crippen molar-refractivity contribution in [1.82, 2.24) is 19.6 Å². The third-order valence-electron chi connectivity index (χ3n) is 4.94. The van der Waals surface area contributed by atoms with Gasteiger partial charge in [0.1, 0.15) is 0 Å². The monoisotopic (exact) mass is 473 g/mol. The van der Waals surface area contributed by atoms with E-state index >= 15 is 0 Å². The van der Waals surface area contributed by atoms with Crippen LogP contribution in [0.25, 0.3) is 5.82 Å². The minimum Gasteiger partial charge on any atom is -0.472 e. The summed E-state index contributed by atoms with van der Waals surface area (Å²) in [5.74, 6) is 0.475. The molecule has 0 saturated heterocycles. The summed E-state index contributed by atoms with van der Waals surface area (Å²) in [6.07, 6.45) is 2.44. The first-order valence-electron chi connectivity index (χ1n) is 9.05. The average Bonchev–Trinajstić information content (AvgIpc) is 3.04. The molecule has 0 radical (unpaired) electrons. The first-order chi connectivity index (χ1) is 12.8. The second-order valence-electron chi connectivity index (χ2n) is 8.23. The lowest BCUT2D eigenvalue weighted by Crippen LogP contribution is -2.41. The van der Waals surface area contributed by atoms with Crippen LogP contribution >= 0.6 is 15.9 Å². The number of rotatable bonds is 8. The zero-order valence-corrected chi connectivity index (χ0v) is 20.0. The fourth-order valence-electron chi connectivity index (χ4n) is 2.34. The Kier molecular flexibility index (Phi) is 6.72. The molecule has 2 heterocycles. The molecule has 156 valence electrons. The van der Waals surface area contributed by atoms with Crippen LogP contribution in [0.2, 0.25) is 18.1 Å². The van der Waals surface area contributed by atoms with Gasteiger partial charge in [-0.1, -0.05) is 20.8 Å². The van der Waals surface area contributed by atoms with Gasteiger partial charge in [0.15, 0.2) is 18.7 Å². The molecule has 0 aliphatic carbocycles. The molecule has 2 aromatic rings. The van der Waals surface area contributed by atoms with Gasteiger partial charge in [-0.3, -0.25) is 14.8 Å². The summed E-state index contributed by atoms with van der Waals surface area (Å²) >= 11 is 3.26. The van der Waals surface area contributed by atoms with Crippen molar-refractivity contribution in [2.24, 2.45) is 7.05 Å². The highest BCUT2D eigenvalue weighted by molar-refractivity contribution is 9.10. The van der Waals surface area contributed by atoms with Crippen molar-refractivity contribution in [2.45, 2.75) is 52.2 Å². The standard InChI is InChI=1S/C17H28BrN5O4Si/c1-12-11-21(5)19-15(12)22-14(18)13(23(24)25)16(20-22)26-9-8-10-27-28(6,7)17(2,3)4/h11H,8-10H2,1-7H3. The third-order valence-corrected chi connectivity index (χ3v) is 10.2. The van der Waals surface area contributed by atoms with E-state index in [9.17, 15) is 10.1 Å². The molecular weight excluding hydrogens is 446 g/mol. The van der Waals surface area contributed by atoms with E-state index in [1.54, 1.807) is 11.7 Å². The second-order valence-corrected chi connectivity index (χ2v) is 13.8. The number of hydrogen-bond donors (Lipinski definition) is 0. The summed E-state index contributed by atoms with van der Waals surface area (Å²) in [4.78, 5) is 11.0. The number of halogens is 1. The molecule has 2 aromatic heterocycles. The molecule has 0 aliphatic rings. The lowest BCUT2D eigenvalue weighted by molar-refractivity contribution is -0.386. The Morgan fingerprint density at radius 1 is 1.29 bits per heavy atom. The van der Waals surface area contributed by atoms with Gasteiger partial charge in [0, 0.05) is 31.8 Å². The van der Waals surface area contributed by atoms with E-state index in [1.165, 1.54) is 4.68 Å². The van der Waals surface area contributed by atoms with Gasteiger partial charge >= 0.3 is 11.6 Å². The summed E-state index contributed by atoms with van der Waals surface area (Å²) in [6.45, 7) is 13.6. The number of ether oxygens (including phenoxy) is 1. The molecule has 0 amide bonds. The van der Waals surface area contributed by atoms with E-state index in [1.807, 2.05) is 13.1 Å². The fraction of sp³-hybridized carbons (Fsp3) is 0.647. The number of nitrogens with zero attached hydrogens (tertiary/aromatic N) is 5. The maximum Gasteiger partial charge on any atom is 0.364 e. The predicted molar refractivity (Wildman–Crippen MR) is 113 cm³/mol. The van der Waals surface area contributed by atoms with E-state index in [-0.39, 0.29) is 27.8 Å². The average molecular weight is 474 g/mol. The van der Waals surface area contributed by atoms with Gasteiger partial charge in [0.05, 0.1) is 11.5 Å². The van der Waals surface area contributed by atoms with Crippen molar-refractivity contribution < 1.29 is 14.1 Å². The Morgan fingerprint density at radius 2 is 1.93 bits per heavy atom. The summed E-state index contributed by atoms with van der Waals surface area (Å²) in [5, 5.41) is 20.2. The third kappa shape index (κ3) is 4.81. The minimum atomic E-state index is -1.82. The van der Waals surface area contributed by atoms with Gasteiger partial charge in [-0.15, -0.1) is 5.10 Å². The van der Waals surface area contributed by atoms with Crippen molar-refractivity contribution in [3.05, 3.63) is 26.5 Å². The predicted octanol–water partition coefficient (Wildman–Crippen LogP) is 4.38. The van der Waals surface area contributed by atoms with Crippen molar-refractivity contribution in [3.63, 3.8) is 0 Å². The zero-order valence-electron chi connectivity index (χ0n) is 17.4. The largest absolute Gasteiger partial charge is 0.472 e. The molecular formula is C17H28BrN5O4Si. The van der Waals surface area contributed by atoms with Crippen molar-refractivity contribution in [3.8, 4) is 11.7 Å². The molecule has 0 N–H and O–H groups in total. The van der Waals surface area contributed by atoms with Crippen molar-refractivity contribution in [1.29, 1.82) is 0 Å². The van der Waals surface area contributed by atoms with E-state index < -0.39 is 13.2 Å². The lowest BCUT2D eigenvalue weighted by Gasteiger charge is -2.36. The maximum atomic E-state index is 11.5. The second kappa shape index (κ2) is 8.33. The van der Waals surface area contributed by atoms with E-state index in [0.717, 1.165) is 5.56 Å². The number of hydrogen-bond acceptors (Lipinski definition) is 6.